The molecule has 0 saturated heterocycles. The van der Waals surface area contributed by atoms with Crippen LogP contribution in [0.2, 0.25) is 0 Å². The van der Waals surface area contributed by atoms with Crippen LogP contribution in [0.25, 0.3) is 0 Å². The fourth-order valence-corrected chi connectivity index (χ4v) is 3.90. The molecular weight excluding hydrogens is 294 g/mol. The zero-order valence-electron chi connectivity index (χ0n) is 13.9. The topological polar surface area (TPSA) is 38.3 Å². The van der Waals surface area contributed by atoms with Crippen LogP contribution in [0.5, 0.6) is 5.75 Å². The third-order valence-electron chi connectivity index (χ3n) is 4.07. The SMILES string of the molecule is Cc1ccc(C)c(O[C@H](C)C(=O)NCCSC2CCCC2)c1. The second-order valence-electron chi connectivity index (χ2n) is 6.10. The molecule has 1 saturated carbocycles. The molecule has 0 heterocycles. The summed E-state index contributed by atoms with van der Waals surface area (Å²) in [5.74, 6) is 1.75. The highest BCUT2D eigenvalue weighted by atomic mass is 32.2. The maximum Gasteiger partial charge on any atom is 0.260 e. The van der Waals surface area contributed by atoms with Crippen LogP contribution in [-0.2, 0) is 4.79 Å². The molecule has 0 bridgehead atoms. The van der Waals surface area contributed by atoms with Gasteiger partial charge in [-0.2, -0.15) is 11.8 Å². The van der Waals surface area contributed by atoms with E-state index in [0.717, 1.165) is 34.4 Å². The van der Waals surface area contributed by atoms with Gasteiger partial charge in [0, 0.05) is 17.5 Å². The lowest BCUT2D eigenvalue weighted by Gasteiger charge is -2.17. The van der Waals surface area contributed by atoms with Gasteiger partial charge in [-0.15, -0.1) is 0 Å². The van der Waals surface area contributed by atoms with Gasteiger partial charge < -0.3 is 10.1 Å². The largest absolute Gasteiger partial charge is 0.481 e. The average Bonchev–Trinajstić information content (AvgIpc) is 3.00. The van der Waals surface area contributed by atoms with E-state index in [-0.39, 0.29) is 5.91 Å². The molecule has 2 rings (SSSR count). The van der Waals surface area contributed by atoms with Crippen LogP contribution in [-0.4, -0.2) is 29.6 Å². The number of thioether (sulfide) groups is 1. The molecule has 0 unspecified atom stereocenters. The summed E-state index contributed by atoms with van der Waals surface area (Å²) in [6, 6.07) is 6.05. The number of benzene rings is 1. The van der Waals surface area contributed by atoms with Gasteiger partial charge in [-0.3, -0.25) is 4.79 Å². The first-order chi connectivity index (χ1) is 10.6. The Morgan fingerprint density at radius 2 is 2.09 bits per heavy atom. The van der Waals surface area contributed by atoms with E-state index in [0.29, 0.717) is 0 Å². The maximum atomic E-state index is 12.1. The number of ether oxygens (including phenoxy) is 1. The highest BCUT2D eigenvalue weighted by Crippen LogP contribution is 2.28. The molecule has 1 aromatic rings. The Morgan fingerprint density at radius 3 is 2.82 bits per heavy atom. The first-order valence-electron chi connectivity index (χ1n) is 8.19. The zero-order chi connectivity index (χ0) is 15.9. The van der Waals surface area contributed by atoms with Gasteiger partial charge in [0.05, 0.1) is 0 Å². The summed E-state index contributed by atoms with van der Waals surface area (Å²) >= 11 is 1.99. The molecule has 0 aromatic heterocycles. The lowest BCUT2D eigenvalue weighted by atomic mass is 10.1. The second-order valence-corrected chi connectivity index (χ2v) is 7.51. The van der Waals surface area contributed by atoms with E-state index in [4.69, 9.17) is 4.74 Å². The minimum Gasteiger partial charge on any atom is -0.481 e. The van der Waals surface area contributed by atoms with Crippen molar-refractivity contribution in [2.45, 2.75) is 57.8 Å². The van der Waals surface area contributed by atoms with Crippen molar-refractivity contribution in [3.05, 3.63) is 29.3 Å². The molecule has 1 aromatic carbocycles. The Balaban J connectivity index is 1.71. The van der Waals surface area contributed by atoms with Crippen LogP contribution >= 0.6 is 11.8 Å². The number of nitrogens with one attached hydrogen (secondary N) is 1. The van der Waals surface area contributed by atoms with Crippen molar-refractivity contribution in [1.29, 1.82) is 0 Å². The summed E-state index contributed by atoms with van der Waals surface area (Å²) in [5, 5.41) is 3.78. The van der Waals surface area contributed by atoms with Gasteiger partial charge >= 0.3 is 0 Å². The molecule has 1 aliphatic rings. The predicted octanol–water partition coefficient (Wildman–Crippen LogP) is 3.86. The second kappa shape index (κ2) is 8.47. The van der Waals surface area contributed by atoms with E-state index >= 15 is 0 Å². The van der Waals surface area contributed by atoms with Crippen LogP contribution in [0.15, 0.2) is 18.2 Å². The Morgan fingerprint density at radius 1 is 1.36 bits per heavy atom. The highest BCUT2D eigenvalue weighted by molar-refractivity contribution is 7.99. The molecule has 1 N–H and O–H groups in total. The fraction of sp³-hybridized carbons (Fsp3) is 0.611. The summed E-state index contributed by atoms with van der Waals surface area (Å²) in [5.41, 5.74) is 2.20. The number of aryl methyl sites for hydroxylation is 2. The third-order valence-corrected chi connectivity index (χ3v) is 5.46. The van der Waals surface area contributed by atoms with E-state index in [9.17, 15) is 4.79 Å². The molecule has 1 fully saturated rings. The van der Waals surface area contributed by atoms with Crippen molar-refractivity contribution >= 4 is 17.7 Å². The summed E-state index contributed by atoms with van der Waals surface area (Å²) < 4.78 is 5.80. The Labute approximate surface area is 138 Å². The molecule has 0 spiro atoms. The minimum atomic E-state index is -0.461. The van der Waals surface area contributed by atoms with Crippen LogP contribution in [0, 0.1) is 13.8 Å². The average molecular weight is 321 g/mol. The van der Waals surface area contributed by atoms with Crippen molar-refractivity contribution in [3.63, 3.8) is 0 Å². The van der Waals surface area contributed by atoms with Gasteiger partial charge in [-0.1, -0.05) is 25.0 Å². The smallest absolute Gasteiger partial charge is 0.260 e. The molecule has 1 atom stereocenters. The zero-order valence-corrected chi connectivity index (χ0v) is 14.7. The van der Waals surface area contributed by atoms with Gasteiger partial charge in [0.1, 0.15) is 5.75 Å². The minimum absolute atomic E-state index is 0.0343. The summed E-state index contributed by atoms with van der Waals surface area (Å²) in [4.78, 5) is 12.1. The monoisotopic (exact) mass is 321 g/mol. The van der Waals surface area contributed by atoms with Crippen LogP contribution < -0.4 is 10.1 Å². The molecule has 22 heavy (non-hydrogen) atoms. The van der Waals surface area contributed by atoms with Gasteiger partial charge in [-0.25, -0.2) is 0 Å². The Bertz CT molecular complexity index is 498. The molecular formula is C18H27NO2S. The Kier molecular flexibility index (Phi) is 6.62. The number of hydrogen-bond acceptors (Lipinski definition) is 3. The van der Waals surface area contributed by atoms with E-state index < -0.39 is 6.10 Å². The Hall–Kier alpha value is -1.16. The van der Waals surface area contributed by atoms with Crippen molar-refractivity contribution < 1.29 is 9.53 Å². The fourth-order valence-electron chi connectivity index (χ4n) is 2.68. The molecule has 0 aliphatic heterocycles. The van der Waals surface area contributed by atoms with Gasteiger partial charge in [0.15, 0.2) is 6.10 Å². The van der Waals surface area contributed by atoms with Crippen LogP contribution in [0.4, 0.5) is 0 Å². The molecule has 3 nitrogen and oxygen atoms in total. The number of rotatable bonds is 7. The highest BCUT2D eigenvalue weighted by Gasteiger charge is 2.17. The van der Waals surface area contributed by atoms with E-state index in [2.05, 4.69) is 5.32 Å². The number of hydrogen-bond donors (Lipinski definition) is 1. The molecule has 0 radical (unpaired) electrons. The first-order valence-corrected chi connectivity index (χ1v) is 9.24. The maximum absolute atomic E-state index is 12.1. The first kappa shape index (κ1) is 17.2. The lowest BCUT2D eigenvalue weighted by Crippen LogP contribution is -2.37. The summed E-state index contributed by atoms with van der Waals surface area (Å²) in [7, 11) is 0. The van der Waals surface area contributed by atoms with Crippen molar-refractivity contribution in [1.82, 2.24) is 5.32 Å². The molecule has 1 amide bonds. The number of carbonyl (C=O) groups is 1. The van der Waals surface area contributed by atoms with Gasteiger partial charge in [0.25, 0.3) is 5.91 Å². The number of carbonyl (C=O) groups excluding carboxylic acids is 1. The standard InChI is InChI=1S/C18H27NO2S/c1-13-8-9-14(2)17(12-13)21-15(3)18(20)19-10-11-22-16-6-4-5-7-16/h8-9,12,15-16H,4-7,10-11H2,1-3H3,(H,19,20)/t15-/m1/s1. The van der Waals surface area contributed by atoms with Gasteiger partial charge in [-0.05, 0) is 50.8 Å². The molecule has 4 heteroatoms. The number of amides is 1. The normalized spacial score (nSPS) is 16.5. The van der Waals surface area contributed by atoms with Crippen LogP contribution in [0.1, 0.15) is 43.7 Å². The molecule has 122 valence electrons. The predicted molar refractivity (Wildman–Crippen MR) is 93.7 cm³/mol. The summed E-state index contributed by atoms with van der Waals surface area (Å²) in [6.07, 6.45) is 4.95. The summed E-state index contributed by atoms with van der Waals surface area (Å²) in [6.45, 7) is 6.55. The van der Waals surface area contributed by atoms with Gasteiger partial charge in [0.2, 0.25) is 0 Å². The van der Waals surface area contributed by atoms with Crippen molar-refractivity contribution in [3.8, 4) is 5.75 Å². The quantitative estimate of drug-likeness (QED) is 0.775. The third kappa shape index (κ3) is 5.24. The van der Waals surface area contributed by atoms with E-state index in [1.54, 1.807) is 6.92 Å². The van der Waals surface area contributed by atoms with Crippen molar-refractivity contribution in [2.75, 3.05) is 12.3 Å². The van der Waals surface area contributed by atoms with Crippen LogP contribution in [0.3, 0.4) is 0 Å². The van der Waals surface area contributed by atoms with Crippen molar-refractivity contribution in [2.24, 2.45) is 0 Å². The van der Waals surface area contributed by atoms with E-state index in [1.165, 1.54) is 25.7 Å². The lowest BCUT2D eigenvalue weighted by molar-refractivity contribution is -0.127. The van der Waals surface area contributed by atoms with E-state index in [1.807, 2.05) is 43.8 Å². The molecule has 1 aliphatic carbocycles.